The Morgan fingerprint density at radius 2 is 1.77 bits per heavy atom. The number of ketones is 2. The zero-order chi connectivity index (χ0) is 30.4. The van der Waals surface area contributed by atoms with E-state index in [1.165, 1.54) is 0 Å². The summed E-state index contributed by atoms with van der Waals surface area (Å²) in [6.45, 7) is -0.231. The molecule has 2 heterocycles. The van der Waals surface area contributed by atoms with Crippen molar-refractivity contribution in [3.63, 3.8) is 0 Å². The Balaban J connectivity index is 1.22. The first-order valence-electron chi connectivity index (χ1n) is 14.5. The van der Waals surface area contributed by atoms with Gasteiger partial charge in [0.1, 0.15) is 17.5 Å². The smallest absolute Gasteiger partial charge is 0.289 e. The fourth-order valence-corrected chi connectivity index (χ4v) is 6.49. The van der Waals surface area contributed by atoms with E-state index in [0.717, 1.165) is 15.8 Å². The summed E-state index contributed by atoms with van der Waals surface area (Å²) in [5.41, 5.74) is 0.0864. The molecule has 2 aliphatic carbocycles. The van der Waals surface area contributed by atoms with Gasteiger partial charge in [0.15, 0.2) is 0 Å². The summed E-state index contributed by atoms with van der Waals surface area (Å²) in [7, 11) is 0. The molecule has 3 fully saturated rings. The van der Waals surface area contributed by atoms with E-state index in [9.17, 15) is 32.8 Å². The zero-order valence-electron chi connectivity index (χ0n) is 23.4. The molecule has 1 saturated heterocycles. The Labute approximate surface area is 246 Å². The second kappa shape index (κ2) is 11.0. The van der Waals surface area contributed by atoms with Crippen molar-refractivity contribution in [3.8, 4) is 0 Å². The number of aromatic amines is 1. The van der Waals surface area contributed by atoms with Crippen molar-refractivity contribution in [2.45, 2.75) is 63.1 Å². The molecule has 1 spiro atoms. The van der Waals surface area contributed by atoms with Crippen LogP contribution < -0.4 is 10.6 Å². The number of carbonyl (C=O) groups excluding carboxylic acids is 5. The maximum Gasteiger partial charge on any atom is 0.289 e. The first kappa shape index (κ1) is 28.7. The summed E-state index contributed by atoms with van der Waals surface area (Å²) in [5.74, 6) is -6.85. The number of amides is 3. The fraction of sp³-hybridized carbons (Fsp3) is 0.406. The number of carbonyl (C=O) groups is 5. The van der Waals surface area contributed by atoms with Crippen LogP contribution in [0.2, 0.25) is 0 Å². The molecule has 3 aromatic rings. The van der Waals surface area contributed by atoms with Gasteiger partial charge in [-0.05, 0) is 43.4 Å². The molecule has 0 radical (unpaired) electrons. The number of aromatic nitrogens is 1. The number of alkyl halides is 2. The van der Waals surface area contributed by atoms with Crippen molar-refractivity contribution in [2.75, 3.05) is 6.54 Å². The van der Waals surface area contributed by atoms with Crippen LogP contribution in [0.15, 0.2) is 60.7 Å². The Morgan fingerprint density at radius 3 is 2.44 bits per heavy atom. The Morgan fingerprint density at radius 1 is 1.05 bits per heavy atom. The first-order chi connectivity index (χ1) is 20.6. The molecule has 1 aromatic heterocycles. The van der Waals surface area contributed by atoms with Crippen LogP contribution in [0.3, 0.4) is 0 Å². The van der Waals surface area contributed by atoms with Gasteiger partial charge in [0.2, 0.25) is 11.7 Å². The number of likely N-dealkylation sites (tertiary alicyclic amines) is 1. The average molecular weight is 591 g/mol. The molecule has 3 aliphatic rings. The average Bonchev–Trinajstić information content (AvgIpc) is 3.48. The number of nitrogens with zero attached hydrogens (tertiary/aromatic N) is 1. The van der Waals surface area contributed by atoms with Crippen molar-refractivity contribution in [1.29, 1.82) is 0 Å². The molecule has 0 unspecified atom stereocenters. The van der Waals surface area contributed by atoms with E-state index in [0.29, 0.717) is 24.8 Å². The monoisotopic (exact) mass is 590 g/mol. The van der Waals surface area contributed by atoms with Gasteiger partial charge in [-0.15, -0.1) is 0 Å². The number of halogens is 2. The van der Waals surface area contributed by atoms with Crippen LogP contribution >= 0.6 is 0 Å². The molecular formula is C32H32F2N4O5. The number of nitrogens with one attached hydrogen (secondary N) is 3. The van der Waals surface area contributed by atoms with E-state index < -0.39 is 59.3 Å². The number of fused-ring (bicyclic) bond motifs is 1. The lowest BCUT2D eigenvalue weighted by atomic mass is 9.94. The molecule has 3 N–H and O–H groups in total. The first-order valence-corrected chi connectivity index (χ1v) is 14.5. The minimum Gasteiger partial charge on any atom is -0.351 e. The van der Waals surface area contributed by atoms with Crippen LogP contribution in [0.25, 0.3) is 10.9 Å². The third kappa shape index (κ3) is 5.55. The highest BCUT2D eigenvalue weighted by atomic mass is 19.3. The van der Waals surface area contributed by atoms with E-state index in [1.54, 1.807) is 54.6 Å². The topological polar surface area (TPSA) is 128 Å². The van der Waals surface area contributed by atoms with Crippen LogP contribution in [0.5, 0.6) is 0 Å². The summed E-state index contributed by atoms with van der Waals surface area (Å²) in [6.07, 6.45) is 0.723. The number of rotatable bonds is 9. The van der Waals surface area contributed by atoms with E-state index in [4.69, 9.17) is 0 Å². The van der Waals surface area contributed by atoms with E-state index in [-0.39, 0.29) is 37.4 Å². The third-order valence-electron chi connectivity index (χ3n) is 9.07. The summed E-state index contributed by atoms with van der Waals surface area (Å²) < 4.78 is 29.1. The van der Waals surface area contributed by atoms with E-state index >= 15 is 0 Å². The van der Waals surface area contributed by atoms with Gasteiger partial charge >= 0.3 is 0 Å². The summed E-state index contributed by atoms with van der Waals surface area (Å²) in [6, 6.07) is 15.1. The lowest BCUT2D eigenvalue weighted by Gasteiger charge is -2.26. The zero-order valence-corrected chi connectivity index (χ0v) is 23.4. The van der Waals surface area contributed by atoms with Gasteiger partial charge < -0.3 is 20.5 Å². The van der Waals surface area contributed by atoms with Gasteiger partial charge in [0, 0.05) is 42.8 Å². The summed E-state index contributed by atoms with van der Waals surface area (Å²) >= 11 is 0. The summed E-state index contributed by atoms with van der Waals surface area (Å²) in [4.78, 5) is 70.2. The minimum absolute atomic E-state index is 0.0511. The van der Waals surface area contributed by atoms with E-state index in [1.807, 2.05) is 6.07 Å². The highest BCUT2D eigenvalue weighted by molar-refractivity contribution is 6.38. The van der Waals surface area contributed by atoms with Crippen LogP contribution in [0.1, 0.15) is 54.6 Å². The number of H-pyrrole nitrogens is 1. The van der Waals surface area contributed by atoms with Crippen molar-refractivity contribution < 1.29 is 32.8 Å². The molecule has 9 nitrogen and oxygen atoms in total. The third-order valence-corrected chi connectivity index (χ3v) is 9.07. The SMILES string of the molecule is O=C(NCc1ccccc1)C(=O)[C@H](C[C@@H]1CCCC1=O)NC(=O)[C@@H]1C[C@@]2(CN1C(=O)c1cc3ccccc3[nH]1)CC2(F)F. The second-order valence-corrected chi connectivity index (χ2v) is 12.0. The van der Waals surface area contributed by atoms with Crippen LogP contribution in [0.4, 0.5) is 8.78 Å². The minimum atomic E-state index is -3.02. The largest absolute Gasteiger partial charge is 0.351 e. The number of hydrogen-bond donors (Lipinski definition) is 3. The van der Waals surface area contributed by atoms with Gasteiger partial charge in [-0.1, -0.05) is 48.5 Å². The van der Waals surface area contributed by atoms with Crippen LogP contribution in [0, 0.1) is 11.3 Å². The molecular weight excluding hydrogens is 558 g/mol. The fourth-order valence-electron chi connectivity index (χ4n) is 6.49. The lowest BCUT2D eigenvalue weighted by molar-refractivity contribution is -0.141. The Bertz CT molecular complexity index is 1570. The molecule has 43 heavy (non-hydrogen) atoms. The number of Topliss-reactive ketones (excluding diaryl/α,β-unsaturated/α-hetero) is 2. The lowest BCUT2D eigenvalue weighted by Crippen LogP contribution is -2.54. The van der Waals surface area contributed by atoms with Gasteiger partial charge in [0.25, 0.3) is 17.7 Å². The molecule has 0 bridgehead atoms. The number of para-hydroxylation sites is 1. The van der Waals surface area contributed by atoms with Gasteiger partial charge in [0.05, 0.1) is 11.5 Å². The molecule has 224 valence electrons. The molecule has 3 amide bonds. The molecule has 11 heteroatoms. The standard InChI is InChI=1S/C32H32F2N4O5/c33-32(34)17-31(32)15-25(38(18-31)30(43)24-13-20-9-4-5-11-22(20)36-24)28(41)37-23(14-21-10-6-12-26(21)39)27(40)29(42)35-16-19-7-2-1-3-8-19/h1-5,7-9,11,13,21,23,25,36H,6,10,12,14-18H2,(H,35,42)(H,37,41)/t21-,23-,25-,31-/m0/s1. The predicted octanol–water partition coefficient (Wildman–Crippen LogP) is 3.54. The molecule has 2 aromatic carbocycles. The van der Waals surface area contributed by atoms with Crippen molar-refractivity contribution >= 4 is 40.2 Å². The highest BCUT2D eigenvalue weighted by Crippen LogP contribution is 2.66. The second-order valence-electron chi connectivity index (χ2n) is 12.0. The maximum absolute atomic E-state index is 14.5. The molecule has 6 rings (SSSR count). The quantitative estimate of drug-likeness (QED) is 0.329. The molecule has 2 saturated carbocycles. The van der Waals surface area contributed by atoms with Crippen LogP contribution in [-0.2, 0) is 25.7 Å². The van der Waals surface area contributed by atoms with Gasteiger partial charge in [-0.2, -0.15) is 0 Å². The molecule has 4 atom stereocenters. The normalized spacial score (nSPS) is 24.7. The van der Waals surface area contributed by atoms with Crippen molar-refractivity contribution in [2.24, 2.45) is 11.3 Å². The van der Waals surface area contributed by atoms with Crippen LogP contribution in [-0.4, -0.2) is 63.7 Å². The van der Waals surface area contributed by atoms with E-state index in [2.05, 4.69) is 15.6 Å². The summed E-state index contributed by atoms with van der Waals surface area (Å²) in [5, 5.41) is 5.91. The number of benzene rings is 2. The molecule has 1 aliphatic heterocycles. The predicted molar refractivity (Wildman–Crippen MR) is 152 cm³/mol. The van der Waals surface area contributed by atoms with Gasteiger partial charge in [-0.25, -0.2) is 8.78 Å². The Hall–Kier alpha value is -4.41. The highest BCUT2D eigenvalue weighted by Gasteiger charge is 2.75. The van der Waals surface area contributed by atoms with Gasteiger partial charge in [-0.3, -0.25) is 24.0 Å². The van der Waals surface area contributed by atoms with Crippen molar-refractivity contribution in [3.05, 3.63) is 71.9 Å². The maximum atomic E-state index is 14.5. The Kier molecular flexibility index (Phi) is 7.35. The number of hydrogen-bond acceptors (Lipinski definition) is 5. The van der Waals surface area contributed by atoms with Crippen molar-refractivity contribution in [1.82, 2.24) is 20.5 Å².